The fourth-order valence-corrected chi connectivity index (χ4v) is 3.48. The molecule has 1 fully saturated rings. The summed E-state index contributed by atoms with van der Waals surface area (Å²) in [5.74, 6) is -0.0979. The normalized spacial score (nSPS) is 20.4. The number of imide groups is 1. The average Bonchev–Trinajstić information content (AvgIpc) is 3.08. The Hall–Kier alpha value is -2.71. The number of urea groups is 1. The summed E-state index contributed by atoms with van der Waals surface area (Å²) in [6, 6.07) is -2.34. The van der Waals surface area contributed by atoms with Crippen LogP contribution in [0.2, 0.25) is 0 Å². The molecule has 0 N–H and O–H groups in total. The van der Waals surface area contributed by atoms with Crippen molar-refractivity contribution in [2.24, 2.45) is 4.99 Å². The highest BCUT2D eigenvalue weighted by Crippen LogP contribution is 2.35. The van der Waals surface area contributed by atoms with E-state index < -0.39 is 30.0 Å². The number of rotatable bonds is 3. The number of aromatic nitrogens is 2. The minimum atomic E-state index is -1.01. The predicted molar refractivity (Wildman–Crippen MR) is 87.4 cm³/mol. The van der Waals surface area contributed by atoms with Crippen LogP contribution in [0.25, 0.3) is 0 Å². The van der Waals surface area contributed by atoms with Crippen molar-refractivity contribution in [3.8, 4) is 0 Å². The molecule has 9 heteroatoms. The molecule has 2 atom stereocenters. The van der Waals surface area contributed by atoms with Crippen LogP contribution in [-0.2, 0) is 20.9 Å². The summed E-state index contributed by atoms with van der Waals surface area (Å²) in [5, 5.41) is 0. The second kappa shape index (κ2) is 5.68. The quantitative estimate of drug-likeness (QED) is 0.586. The zero-order valence-electron chi connectivity index (χ0n) is 15.2. The second-order valence-electron chi connectivity index (χ2n) is 6.21. The van der Waals surface area contributed by atoms with Gasteiger partial charge >= 0.3 is 17.9 Å². The van der Waals surface area contributed by atoms with Crippen molar-refractivity contribution in [3.05, 3.63) is 11.4 Å². The number of methoxy groups -OCH3 is 1. The lowest BCUT2D eigenvalue weighted by Crippen LogP contribution is -2.61. The van der Waals surface area contributed by atoms with E-state index in [0.717, 1.165) is 16.3 Å². The van der Waals surface area contributed by atoms with Gasteiger partial charge in [0.1, 0.15) is 17.4 Å². The lowest BCUT2D eigenvalue weighted by molar-refractivity contribution is -0.685. The highest BCUT2D eigenvalue weighted by molar-refractivity contribution is 6.21. The summed E-state index contributed by atoms with van der Waals surface area (Å²) in [5.41, 5.74) is 1.92. The Morgan fingerprint density at radius 2 is 2.00 bits per heavy atom. The molecule has 1 aromatic heterocycles. The molecule has 0 aromatic carbocycles. The van der Waals surface area contributed by atoms with Crippen LogP contribution >= 0.6 is 0 Å². The number of amides is 3. The van der Waals surface area contributed by atoms with Crippen molar-refractivity contribution in [1.29, 1.82) is 0 Å². The molecular formula is C16H22N5O4+. The average molecular weight is 348 g/mol. The lowest BCUT2D eigenvalue weighted by atomic mass is 10.1. The van der Waals surface area contributed by atoms with Crippen LogP contribution in [0.15, 0.2) is 4.99 Å². The van der Waals surface area contributed by atoms with Crippen LogP contribution in [0, 0.1) is 13.8 Å². The number of imidazole rings is 1. The van der Waals surface area contributed by atoms with Crippen LogP contribution in [0.4, 0.5) is 10.7 Å². The number of carbonyl (C=O) groups is 3. The van der Waals surface area contributed by atoms with E-state index in [1.165, 1.54) is 18.9 Å². The summed E-state index contributed by atoms with van der Waals surface area (Å²) in [6.07, 6.45) is 0. The molecule has 0 saturated carbocycles. The highest BCUT2D eigenvalue weighted by atomic mass is 16.5. The highest BCUT2D eigenvalue weighted by Gasteiger charge is 2.55. The van der Waals surface area contributed by atoms with Gasteiger partial charge < -0.3 is 4.74 Å². The van der Waals surface area contributed by atoms with E-state index in [1.54, 1.807) is 7.05 Å². The first-order valence-electron chi connectivity index (χ1n) is 8.14. The van der Waals surface area contributed by atoms with E-state index in [9.17, 15) is 14.4 Å². The lowest BCUT2D eigenvalue weighted by Gasteiger charge is -2.35. The maximum atomic E-state index is 13.1. The Labute approximate surface area is 145 Å². The first kappa shape index (κ1) is 17.1. The number of esters is 1. The van der Waals surface area contributed by atoms with E-state index in [4.69, 9.17) is 4.74 Å². The molecule has 2 aliphatic heterocycles. The number of amidine groups is 1. The van der Waals surface area contributed by atoms with Gasteiger partial charge in [0, 0.05) is 7.05 Å². The first-order chi connectivity index (χ1) is 11.8. The third kappa shape index (κ3) is 2.11. The topological polar surface area (TPSA) is 88.1 Å². The molecule has 0 aliphatic carbocycles. The summed E-state index contributed by atoms with van der Waals surface area (Å²) in [7, 11) is 2.79. The van der Waals surface area contributed by atoms with Crippen LogP contribution in [-0.4, -0.2) is 58.3 Å². The van der Waals surface area contributed by atoms with Gasteiger partial charge in [-0.25, -0.2) is 23.6 Å². The number of hydrogen-bond donors (Lipinski definition) is 0. The summed E-state index contributed by atoms with van der Waals surface area (Å²) in [6.45, 7) is 8.06. The van der Waals surface area contributed by atoms with Crippen molar-refractivity contribution < 1.29 is 23.7 Å². The van der Waals surface area contributed by atoms with Crippen molar-refractivity contribution in [1.82, 2.24) is 14.4 Å². The van der Waals surface area contributed by atoms with Crippen LogP contribution in [0.3, 0.4) is 0 Å². The predicted octanol–water partition coefficient (Wildman–Crippen LogP) is 0.453. The summed E-state index contributed by atoms with van der Waals surface area (Å²) < 4.78 is 8.53. The molecule has 3 heterocycles. The third-order valence-electron chi connectivity index (χ3n) is 5.02. The van der Waals surface area contributed by atoms with E-state index >= 15 is 0 Å². The zero-order valence-corrected chi connectivity index (χ0v) is 15.2. The van der Waals surface area contributed by atoms with Crippen LogP contribution in [0.5, 0.6) is 0 Å². The first-order valence-corrected chi connectivity index (χ1v) is 8.14. The molecule has 3 rings (SSSR count). The van der Waals surface area contributed by atoms with Crippen molar-refractivity contribution >= 4 is 29.7 Å². The standard InChI is InChI=1S/C16H22N5O4/c1-7-19-8(2)9(3)20-11-12(17-15(19)20)18(5)16(24)21(13(11)22)10(4)14(23)25-6/h10-11H,7H2,1-6H3/q+1. The fourth-order valence-electron chi connectivity index (χ4n) is 3.48. The Morgan fingerprint density at radius 3 is 2.56 bits per heavy atom. The molecule has 134 valence electrons. The number of ether oxygens (including phenoxy) is 1. The minimum absolute atomic E-state index is 0.378. The van der Waals surface area contributed by atoms with E-state index in [2.05, 4.69) is 4.99 Å². The maximum Gasteiger partial charge on any atom is 0.402 e. The van der Waals surface area contributed by atoms with E-state index in [1.807, 2.05) is 29.9 Å². The molecular weight excluding hydrogens is 326 g/mol. The van der Waals surface area contributed by atoms with Crippen LogP contribution in [0.1, 0.15) is 31.3 Å². The van der Waals surface area contributed by atoms with Gasteiger partial charge in [-0.2, -0.15) is 0 Å². The number of fused-ring (bicyclic) bond motifs is 3. The van der Waals surface area contributed by atoms with Crippen LogP contribution < -0.4 is 4.57 Å². The monoisotopic (exact) mass is 348 g/mol. The maximum absolute atomic E-state index is 13.1. The third-order valence-corrected chi connectivity index (χ3v) is 5.02. The molecule has 9 nitrogen and oxygen atoms in total. The van der Waals surface area contributed by atoms with E-state index in [-0.39, 0.29) is 0 Å². The Kier molecular flexibility index (Phi) is 3.89. The Balaban J connectivity index is 2.14. The number of hydrogen-bond acceptors (Lipinski definition) is 5. The second-order valence-corrected chi connectivity index (χ2v) is 6.21. The van der Waals surface area contributed by atoms with E-state index in [0.29, 0.717) is 18.3 Å². The van der Waals surface area contributed by atoms with Gasteiger partial charge in [0.05, 0.1) is 13.7 Å². The molecule has 0 radical (unpaired) electrons. The molecule has 25 heavy (non-hydrogen) atoms. The number of nitrogens with zero attached hydrogens (tertiary/aromatic N) is 5. The molecule has 1 saturated heterocycles. The van der Waals surface area contributed by atoms with Gasteiger partial charge in [0.25, 0.3) is 5.91 Å². The van der Waals surface area contributed by atoms with Gasteiger partial charge in [0.2, 0.25) is 11.9 Å². The molecule has 2 unspecified atom stereocenters. The number of likely N-dealkylation sites (N-methyl/N-ethyl adjacent to an activating group) is 1. The summed E-state index contributed by atoms with van der Waals surface area (Å²) in [4.78, 5) is 44.5. The molecule has 3 amide bonds. The largest absolute Gasteiger partial charge is 0.467 e. The number of aliphatic imine (C=N–C) groups is 1. The van der Waals surface area contributed by atoms with Gasteiger partial charge in [-0.15, -0.1) is 0 Å². The van der Waals surface area contributed by atoms with Crippen molar-refractivity contribution in [2.75, 3.05) is 14.2 Å². The summed E-state index contributed by atoms with van der Waals surface area (Å²) >= 11 is 0. The van der Waals surface area contributed by atoms with Gasteiger partial charge in [-0.1, -0.05) is 4.99 Å². The SMILES string of the molecule is CC[n+]1c(C)c(C)n2c1N=C1C2C(=O)N(C(C)C(=O)OC)C(=O)N1C. The molecule has 2 aliphatic rings. The minimum Gasteiger partial charge on any atom is -0.467 e. The molecule has 0 spiro atoms. The fraction of sp³-hybridized carbons (Fsp3) is 0.562. The van der Waals surface area contributed by atoms with Gasteiger partial charge in [0.15, 0.2) is 0 Å². The zero-order chi connectivity index (χ0) is 18.6. The van der Waals surface area contributed by atoms with Gasteiger partial charge in [-0.05, 0) is 27.7 Å². The van der Waals surface area contributed by atoms with Crippen molar-refractivity contribution in [2.45, 2.75) is 46.3 Å². The number of carbonyl (C=O) groups excluding carboxylic acids is 3. The Bertz CT molecular complexity index is 825. The van der Waals surface area contributed by atoms with Gasteiger partial charge in [-0.3, -0.25) is 9.69 Å². The molecule has 0 bridgehead atoms. The smallest absolute Gasteiger partial charge is 0.402 e. The molecule has 1 aromatic rings. The Morgan fingerprint density at radius 1 is 1.36 bits per heavy atom. The van der Waals surface area contributed by atoms with Crippen molar-refractivity contribution in [3.63, 3.8) is 0 Å².